The summed E-state index contributed by atoms with van der Waals surface area (Å²) in [5.74, 6) is -3.47. The number of rotatable bonds is 5. The Morgan fingerprint density at radius 1 is 1.32 bits per heavy atom. The number of carboxylic acid groups (broad SMARTS) is 1. The lowest BCUT2D eigenvalue weighted by Gasteiger charge is -2.16. The SMILES string of the molecule is COc1ccc(F)c(NC(=O)C(C)C(C)C(=O)O)c1. The maximum absolute atomic E-state index is 13.5. The van der Waals surface area contributed by atoms with Gasteiger partial charge in [0, 0.05) is 12.0 Å². The second kappa shape index (κ2) is 6.17. The van der Waals surface area contributed by atoms with E-state index in [2.05, 4.69) is 5.32 Å². The standard InChI is InChI=1S/C13H16FNO4/c1-7(8(2)13(17)18)12(16)15-11-6-9(19-3)4-5-10(11)14/h4-8H,1-3H3,(H,15,16)(H,17,18). The lowest BCUT2D eigenvalue weighted by molar-refractivity contribution is -0.145. The first-order valence-electron chi connectivity index (χ1n) is 5.74. The van der Waals surface area contributed by atoms with Gasteiger partial charge in [0.1, 0.15) is 11.6 Å². The van der Waals surface area contributed by atoms with Crippen molar-refractivity contribution in [3.05, 3.63) is 24.0 Å². The Kier molecular flexibility index (Phi) is 4.86. The lowest BCUT2D eigenvalue weighted by atomic mass is 9.95. The molecular formula is C13H16FNO4. The molecule has 0 aliphatic heterocycles. The van der Waals surface area contributed by atoms with Crippen molar-refractivity contribution < 1.29 is 23.8 Å². The van der Waals surface area contributed by atoms with Crippen molar-refractivity contribution in [2.24, 2.45) is 11.8 Å². The fraction of sp³-hybridized carbons (Fsp3) is 0.385. The Morgan fingerprint density at radius 2 is 1.95 bits per heavy atom. The number of carboxylic acids is 1. The Morgan fingerprint density at radius 3 is 2.47 bits per heavy atom. The maximum atomic E-state index is 13.5. The minimum Gasteiger partial charge on any atom is -0.497 e. The summed E-state index contributed by atoms with van der Waals surface area (Å²) in [4.78, 5) is 22.6. The molecule has 2 atom stereocenters. The van der Waals surface area contributed by atoms with Crippen LogP contribution in [0.3, 0.4) is 0 Å². The van der Waals surface area contributed by atoms with Gasteiger partial charge in [0.2, 0.25) is 5.91 Å². The maximum Gasteiger partial charge on any atom is 0.307 e. The van der Waals surface area contributed by atoms with E-state index in [4.69, 9.17) is 9.84 Å². The average molecular weight is 269 g/mol. The molecule has 1 aromatic rings. The highest BCUT2D eigenvalue weighted by atomic mass is 19.1. The van der Waals surface area contributed by atoms with E-state index in [1.54, 1.807) is 0 Å². The summed E-state index contributed by atoms with van der Waals surface area (Å²) >= 11 is 0. The number of nitrogens with one attached hydrogen (secondary N) is 1. The molecule has 0 fully saturated rings. The molecule has 1 amide bonds. The first kappa shape index (κ1) is 14.9. The number of aliphatic carboxylic acids is 1. The molecule has 0 spiro atoms. The van der Waals surface area contributed by atoms with Crippen molar-refractivity contribution in [1.29, 1.82) is 0 Å². The van der Waals surface area contributed by atoms with Gasteiger partial charge in [-0.05, 0) is 12.1 Å². The average Bonchev–Trinajstić information content (AvgIpc) is 2.39. The number of benzene rings is 1. The fourth-order valence-corrected chi connectivity index (χ4v) is 1.41. The molecule has 0 aliphatic carbocycles. The molecule has 6 heteroatoms. The van der Waals surface area contributed by atoms with Gasteiger partial charge in [0.15, 0.2) is 0 Å². The van der Waals surface area contributed by atoms with Gasteiger partial charge >= 0.3 is 5.97 Å². The second-order valence-electron chi connectivity index (χ2n) is 4.25. The van der Waals surface area contributed by atoms with E-state index in [1.807, 2.05) is 0 Å². The molecule has 2 N–H and O–H groups in total. The van der Waals surface area contributed by atoms with E-state index >= 15 is 0 Å². The van der Waals surface area contributed by atoms with Gasteiger partial charge in [-0.15, -0.1) is 0 Å². The number of halogens is 1. The molecule has 0 saturated heterocycles. The van der Waals surface area contributed by atoms with Crippen molar-refractivity contribution in [3.8, 4) is 5.75 Å². The molecule has 1 aromatic carbocycles. The van der Waals surface area contributed by atoms with Crippen LogP contribution in [-0.4, -0.2) is 24.1 Å². The van der Waals surface area contributed by atoms with Crippen molar-refractivity contribution >= 4 is 17.6 Å². The van der Waals surface area contributed by atoms with Crippen LogP contribution in [0.1, 0.15) is 13.8 Å². The number of hydrogen-bond acceptors (Lipinski definition) is 3. The number of ether oxygens (including phenoxy) is 1. The summed E-state index contributed by atoms with van der Waals surface area (Å²) < 4.78 is 18.4. The Hall–Kier alpha value is -2.11. The number of carbonyl (C=O) groups is 2. The number of methoxy groups -OCH3 is 1. The third kappa shape index (κ3) is 3.67. The van der Waals surface area contributed by atoms with Crippen LogP contribution in [-0.2, 0) is 9.59 Å². The normalized spacial score (nSPS) is 13.5. The van der Waals surface area contributed by atoms with Gasteiger partial charge < -0.3 is 15.2 Å². The van der Waals surface area contributed by atoms with E-state index < -0.39 is 29.5 Å². The molecule has 0 radical (unpaired) electrons. The van der Waals surface area contributed by atoms with E-state index in [9.17, 15) is 14.0 Å². The summed E-state index contributed by atoms with van der Waals surface area (Å²) in [6.45, 7) is 2.90. The first-order valence-corrected chi connectivity index (χ1v) is 5.74. The van der Waals surface area contributed by atoms with Crippen LogP contribution in [0.5, 0.6) is 5.75 Å². The van der Waals surface area contributed by atoms with Crippen LogP contribution in [0, 0.1) is 17.7 Å². The number of hydrogen-bond donors (Lipinski definition) is 2. The summed E-state index contributed by atoms with van der Waals surface area (Å²) in [6, 6.07) is 3.93. The fourth-order valence-electron chi connectivity index (χ4n) is 1.41. The van der Waals surface area contributed by atoms with Crippen LogP contribution >= 0.6 is 0 Å². The number of carbonyl (C=O) groups excluding carboxylic acids is 1. The van der Waals surface area contributed by atoms with Gasteiger partial charge in [-0.25, -0.2) is 4.39 Å². The third-order valence-corrected chi connectivity index (χ3v) is 2.98. The number of amides is 1. The third-order valence-electron chi connectivity index (χ3n) is 2.98. The van der Waals surface area contributed by atoms with Crippen molar-refractivity contribution in [2.75, 3.05) is 12.4 Å². The van der Waals surface area contributed by atoms with Crippen molar-refractivity contribution in [1.82, 2.24) is 0 Å². The highest BCUT2D eigenvalue weighted by Crippen LogP contribution is 2.22. The van der Waals surface area contributed by atoms with E-state index in [0.29, 0.717) is 5.75 Å². The zero-order chi connectivity index (χ0) is 14.6. The zero-order valence-corrected chi connectivity index (χ0v) is 10.9. The van der Waals surface area contributed by atoms with Crippen LogP contribution < -0.4 is 10.1 Å². The summed E-state index contributed by atoms with van der Waals surface area (Å²) in [5, 5.41) is 11.2. The Labute approximate surface area is 110 Å². The topological polar surface area (TPSA) is 75.6 Å². The van der Waals surface area contributed by atoms with Crippen LogP contribution in [0.4, 0.5) is 10.1 Å². The Bertz CT molecular complexity index is 490. The molecule has 0 bridgehead atoms. The van der Waals surface area contributed by atoms with Gasteiger partial charge in [-0.2, -0.15) is 0 Å². The predicted octanol–water partition coefficient (Wildman–Crippen LogP) is 2.13. The summed E-state index contributed by atoms with van der Waals surface area (Å²) in [6.07, 6.45) is 0. The largest absolute Gasteiger partial charge is 0.497 e. The first-order chi connectivity index (χ1) is 8.86. The van der Waals surface area contributed by atoms with Crippen molar-refractivity contribution in [3.63, 3.8) is 0 Å². The molecule has 0 aromatic heterocycles. The van der Waals surface area contributed by atoms with Crippen LogP contribution in [0.2, 0.25) is 0 Å². The highest BCUT2D eigenvalue weighted by molar-refractivity contribution is 5.95. The van der Waals surface area contributed by atoms with Gasteiger partial charge in [-0.1, -0.05) is 13.8 Å². The molecule has 0 heterocycles. The minimum absolute atomic E-state index is 0.0335. The lowest BCUT2D eigenvalue weighted by Crippen LogP contribution is -2.30. The summed E-state index contributed by atoms with van der Waals surface area (Å²) in [7, 11) is 1.42. The molecule has 19 heavy (non-hydrogen) atoms. The van der Waals surface area contributed by atoms with Gasteiger partial charge in [0.05, 0.1) is 18.7 Å². The molecule has 2 unspecified atom stereocenters. The van der Waals surface area contributed by atoms with Crippen LogP contribution in [0.25, 0.3) is 0 Å². The predicted molar refractivity (Wildman–Crippen MR) is 67.5 cm³/mol. The minimum atomic E-state index is -1.08. The zero-order valence-electron chi connectivity index (χ0n) is 10.9. The van der Waals surface area contributed by atoms with Crippen molar-refractivity contribution in [2.45, 2.75) is 13.8 Å². The molecular weight excluding hydrogens is 253 g/mol. The number of anilines is 1. The second-order valence-corrected chi connectivity index (χ2v) is 4.25. The molecule has 0 saturated carbocycles. The van der Waals surface area contributed by atoms with Gasteiger partial charge in [-0.3, -0.25) is 9.59 Å². The van der Waals surface area contributed by atoms with E-state index in [1.165, 1.54) is 39.2 Å². The molecule has 1 rings (SSSR count). The smallest absolute Gasteiger partial charge is 0.307 e. The van der Waals surface area contributed by atoms with E-state index in [-0.39, 0.29) is 5.69 Å². The molecule has 5 nitrogen and oxygen atoms in total. The van der Waals surface area contributed by atoms with Crippen LogP contribution in [0.15, 0.2) is 18.2 Å². The molecule has 0 aliphatic rings. The summed E-state index contributed by atoms with van der Waals surface area (Å²) in [5.41, 5.74) is -0.0335. The van der Waals surface area contributed by atoms with E-state index in [0.717, 1.165) is 0 Å². The van der Waals surface area contributed by atoms with Gasteiger partial charge in [0.25, 0.3) is 0 Å². The Balaban J connectivity index is 2.84. The monoisotopic (exact) mass is 269 g/mol. The molecule has 104 valence electrons. The highest BCUT2D eigenvalue weighted by Gasteiger charge is 2.26. The quantitative estimate of drug-likeness (QED) is 0.858.